The Kier molecular flexibility index (Phi) is 25.4. The molecule has 0 amide bonds. The minimum absolute atomic E-state index is 0.0656. The van der Waals surface area contributed by atoms with Gasteiger partial charge in [0.15, 0.2) is 22.5 Å². The molecule has 20 heteroatoms. The van der Waals surface area contributed by atoms with E-state index in [9.17, 15) is 25.9 Å². The van der Waals surface area contributed by atoms with Crippen molar-refractivity contribution in [3.8, 4) is 5.75 Å². The number of allylic oxidation sites excluding steroid dienone is 10. The van der Waals surface area contributed by atoms with E-state index in [2.05, 4.69) is 194 Å². The highest BCUT2D eigenvalue weighted by Gasteiger charge is 2.45. The van der Waals surface area contributed by atoms with Gasteiger partial charge in [-0.1, -0.05) is 137 Å². The third-order valence-electron chi connectivity index (χ3n) is 17.7. The lowest BCUT2D eigenvalue weighted by molar-refractivity contribution is -0.658. The predicted octanol–water partition coefficient (Wildman–Crippen LogP) is 15.6. The van der Waals surface area contributed by atoms with Crippen molar-refractivity contribution in [3.05, 3.63) is 265 Å². The molecule has 0 spiro atoms. The molecule has 2 N–H and O–H groups in total. The first-order chi connectivity index (χ1) is 47.1. The van der Waals surface area contributed by atoms with E-state index in [1.54, 1.807) is 16.6 Å². The van der Waals surface area contributed by atoms with E-state index in [1.165, 1.54) is 17.0 Å². The Morgan fingerprint density at radius 2 is 1.42 bits per heavy atom. The van der Waals surface area contributed by atoms with Gasteiger partial charge in [-0.3, -0.25) is 9.11 Å². The van der Waals surface area contributed by atoms with Crippen molar-refractivity contribution < 1.29 is 53.3 Å². The van der Waals surface area contributed by atoms with Gasteiger partial charge in [0.2, 0.25) is 29.7 Å². The third kappa shape index (κ3) is 18.9. The SMILES string of the molecule is C=C.C=C.CC(C)Nc1ccc(CCNOS(=O)CN2C(=CC3=CC(=Cc4oc5ccccc5[n+]4CS(=O)[O-])CC(C)(C)C3)Oc3ccccc32)cc1.COC(C)(C)c1ccc(N(C)C[N+]2=C(/C=C/C=C/C=C3/N(CS(=O)(=O)[O-])c4ccccc4C3(C)C)C(C)(C)c3ccccc32)cc1. The van der Waals surface area contributed by atoms with E-state index in [4.69, 9.17) is 18.2 Å². The van der Waals surface area contributed by atoms with Crippen molar-refractivity contribution in [2.24, 2.45) is 5.41 Å². The maximum absolute atomic E-state index is 13.2. The molecule has 11 rings (SSSR count). The van der Waals surface area contributed by atoms with Crippen molar-refractivity contribution >= 4 is 83.6 Å². The van der Waals surface area contributed by atoms with Gasteiger partial charge in [0.05, 0.1) is 22.8 Å². The summed E-state index contributed by atoms with van der Waals surface area (Å²) in [4.78, 5) is 5.74. The van der Waals surface area contributed by atoms with Crippen molar-refractivity contribution in [3.63, 3.8) is 0 Å². The molecule has 1 aliphatic carbocycles. The summed E-state index contributed by atoms with van der Waals surface area (Å²) in [5, 5.41) is 3.38. The van der Waals surface area contributed by atoms with Gasteiger partial charge in [0, 0.05) is 95.8 Å². The number of rotatable bonds is 23. The number of anilines is 4. The molecular formula is C79H95N7O10S3. The topological polar surface area (TPSA) is 196 Å². The minimum atomic E-state index is -4.49. The summed E-state index contributed by atoms with van der Waals surface area (Å²) in [5.74, 6) is 0.941. The molecular weight excluding hydrogens is 1300 g/mol. The number of fused-ring (bicyclic) bond motifs is 4. The Hall–Kier alpha value is -8.57. The number of methoxy groups -OCH3 is 1. The summed E-state index contributed by atoms with van der Waals surface area (Å²) >= 11 is -3.99. The van der Waals surface area contributed by atoms with Crippen molar-refractivity contribution in [2.45, 2.75) is 117 Å². The molecule has 6 aromatic carbocycles. The summed E-state index contributed by atoms with van der Waals surface area (Å²) in [6.07, 6.45) is 18.2. The van der Waals surface area contributed by atoms with Crippen LogP contribution in [0.2, 0.25) is 0 Å². The second-order valence-corrected chi connectivity index (χ2v) is 30.2. The average molecular weight is 1400 g/mol. The summed E-state index contributed by atoms with van der Waals surface area (Å²) in [7, 11) is -0.652. The molecule has 4 aliphatic rings. The lowest BCUT2D eigenvalue weighted by atomic mass is 9.75. The largest absolute Gasteiger partial charge is 0.768 e. The molecule has 0 radical (unpaired) electrons. The molecule has 0 saturated carbocycles. The van der Waals surface area contributed by atoms with E-state index in [0.29, 0.717) is 47.9 Å². The smallest absolute Gasteiger partial charge is 0.375 e. The molecule has 1 aromatic heterocycles. The predicted molar refractivity (Wildman–Crippen MR) is 403 cm³/mol. The number of oxazole rings is 1. The molecule has 7 aromatic rings. The lowest BCUT2D eigenvalue weighted by Crippen LogP contribution is -2.37. The zero-order valence-corrected chi connectivity index (χ0v) is 61.5. The number of nitrogens with zero attached hydrogens (tertiary/aromatic N) is 5. The minimum Gasteiger partial charge on any atom is -0.768 e. The second-order valence-electron chi connectivity index (χ2n) is 27.0. The number of hydroxylamine groups is 1. The van der Waals surface area contributed by atoms with Crippen LogP contribution in [0.3, 0.4) is 0 Å². The fraction of sp³-hybridized carbons (Fsp3) is 0.316. The van der Waals surface area contributed by atoms with E-state index in [1.807, 2.05) is 128 Å². The standard InChI is InChI=1S/C38H45N3O4S.C37H42N4O6S2.2C2H4/c1-36(2)30-16-12-14-18-32(30)40(26-39(7)29-24-22-28(23-25-29)38(5,6)45-8)34(36)20-10-9-11-21-35-37(3,4)31-17-13-15-19-33(31)41(35)27-46(42,43)44;1-26(2)39-30-15-13-27(14-16-30)17-18-38-47-49(44)25-41-32-10-6-8-12-34(32)46-36(41)21-29-19-28(22-37(3,4)23-29)20-35-40(24-48(42)43)31-9-5-7-11-33(31)45-35;2*1-2/h9-25H,26-27H2,1-8H3;5-16,19-21,26,38-39H,17-18,22-25H2,1-4H3;2*1-2H2. The molecule has 2 atom stereocenters. The normalized spacial score (nSPS) is 17.7. The number of nitrogens with one attached hydrogen (secondary N) is 2. The maximum Gasteiger partial charge on any atom is 0.375 e. The molecule has 0 saturated heterocycles. The summed E-state index contributed by atoms with van der Waals surface area (Å²) in [6, 6.07) is 48.4. The number of ether oxygens (including phenoxy) is 2. The maximum atomic E-state index is 13.2. The molecule has 4 heterocycles. The monoisotopic (exact) mass is 1400 g/mol. The van der Waals surface area contributed by atoms with Crippen LogP contribution in [0.4, 0.5) is 28.4 Å². The highest BCUT2D eigenvalue weighted by Crippen LogP contribution is 2.48. The van der Waals surface area contributed by atoms with E-state index < -0.39 is 43.6 Å². The molecule has 0 bridgehead atoms. The number of hydrogen-bond donors (Lipinski definition) is 2. The first kappa shape index (κ1) is 76.2. The highest BCUT2D eigenvalue weighted by molar-refractivity contribution is 7.85. The number of aromatic nitrogens is 1. The van der Waals surface area contributed by atoms with Crippen LogP contribution in [0.15, 0.2) is 242 Å². The first-order valence-corrected chi connectivity index (χ1v) is 36.9. The van der Waals surface area contributed by atoms with E-state index in [-0.39, 0.29) is 28.2 Å². The Morgan fingerprint density at radius 1 is 0.778 bits per heavy atom. The zero-order valence-electron chi connectivity index (χ0n) is 59.1. The van der Waals surface area contributed by atoms with Gasteiger partial charge in [-0.2, -0.15) is 14.3 Å². The summed E-state index contributed by atoms with van der Waals surface area (Å²) in [5.41, 5.74) is 16.5. The van der Waals surface area contributed by atoms with Gasteiger partial charge in [-0.15, -0.1) is 30.9 Å². The molecule has 3 aliphatic heterocycles. The van der Waals surface area contributed by atoms with Gasteiger partial charge in [-0.25, -0.2) is 12.6 Å². The van der Waals surface area contributed by atoms with Crippen molar-refractivity contribution in [1.82, 2.24) is 5.48 Å². The van der Waals surface area contributed by atoms with Gasteiger partial charge >= 0.3 is 5.89 Å². The fourth-order valence-corrected chi connectivity index (χ4v) is 14.7. The zero-order chi connectivity index (χ0) is 72.0. The third-order valence-corrected chi connectivity index (χ3v) is 19.5. The molecule has 17 nitrogen and oxygen atoms in total. The highest BCUT2D eigenvalue weighted by atomic mass is 32.2. The quantitative estimate of drug-likeness (QED) is 0.0117. The van der Waals surface area contributed by atoms with Crippen molar-refractivity contribution in [1.29, 1.82) is 0 Å². The fourth-order valence-electron chi connectivity index (χ4n) is 12.9. The molecule has 524 valence electrons. The Balaban J connectivity index is 0.000000241. The number of para-hydroxylation sites is 6. The van der Waals surface area contributed by atoms with Gasteiger partial charge in [-0.05, 0) is 149 Å². The van der Waals surface area contributed by atoms with E-state index in [0.717, 1.165) is 75.5 Å². The number of hydrogen-bond acceptors (Lipinski definition) is 15. The Labute approximate surface area is 591 Å². The Bertz CT molecular complexity index is 4390. The van der Waals surface area contributed by atoms with E-state index >= 15 is 0 Å². The number of benzene rings is 6. The van der Waals surface area contributed by atoms with Crippen LogP contribution < -0.4 is 34.8 Å². The van der Waals surface area contributed by atoms with Crippen LogP contribution in [0.1, 0.15) is 110 Å². The van der Waals surface area contributed by atoms with Crippen LogP contribution in [-0.4, -0.2) is 81.4 Å². The van der Waals surface area contributed by atoms with Crippen LogP contribution in [0.5, 0.6) is 5.75 Å². The van der Waals surface area contributed by atoms with Crippen LogP contribution >= 0.6 is 0 Å². The average Bonchev–Trinajstić information content (AvgIpc) is 1.60. The summed E-state index contributed by atoms with van der Waals surface area (Å²) < 4.78 is 99.7. The molecule has 99 heavy (non-hydrogen) atoms. The van der Waals surface area contributed by atoms with Gasteiger partial charge in [0.1, 0.15) is 21.9 Å². The van der Waals surface area contributed by atoms with Gasteiger partial charge < -0.3 is 38.1 Å². The first-order valence-electron chi connectivity index (χ1n) is 32.9. The van der Waals surface area contributed by atoms with Crippen LogP contribution in [0.25, 0.3) is 17.2 Å². The van der Waals surface area contributed by atoms with Crippen LogP contribution in [-0.2, 0) is 70.0 Å². The second kappa shape index (κ2) is 33.1. The van der Waals surface area contributed by atoms with Gasteiger partial charge in [0.25, 0.3) is 5.52 Å². The lowest BCUT2D eigenvalue weighted by Gasteiger charge is -2.30. The Morgan fingerprint density at radius 3 is 2.10 bits per heavy atom. The summed E-state index contributed by atoms with van der Waals surface area (Å²) in [6.45, 7) is 34.5. The van der Waals surface area contributed by atoms with Crippen LogP contribution in [0, 0.1) is 5.41 Å². The molecule has 0 fully saturated rings. The molecule has 2 unspecified atom stereocenters. The van der Waals surface area contributed by atoms with Crippen molar-refractivity contribution in [2.75, 3.05) is 59.1 Å².